The van der Waals surface area contributed by atoms with Crippen LogP contribution in [0.1, 0.15) is 54.7 Å². The zero-order valence-electron chi connectivity index (χ0n) is 20.3. The molecular formula is C28H28N4O4. The van der Waals surface area contributed by atoms with Crippen LogP contribution in [0, 0.1) is 6.92 Å². The molecule has 0 saturated carbocycles. The average molecular weight is 485 g/mol. The van der Waals surface area contributed by atoms with Gasteiger partial charge in [-0.1, -0.05) is 73.5 Å². The minimum Gasteiger partial charge on any atom is -0.467 e. The number of carbonyl (C=O) groups is 3. The van der Waals surface area contributed by atoms with Crippen LogP contribution in [0.25, 0.3) is 0 Å². The first-order chi connectivity index (χ1) is 17.4. The van der Waals surface area contributed by atoms with E-state index in [0.717, 1.165) is 21.7 Å². The maximum Gasteiger partial charge on any atom is 0.325 e. The number of furan rings is 1. The molecule has 36 heavy (non-hydrogen) atoms. The van der Waals surface area contributed by atoms with Crippen molar-refractivity contribution in [1.82, 2.24) is 15.2 Å². The Bertz CT molecular complexity index is 1300. The first kappa shape index (κ1) is 23.5. The summed E-state index contributed by atoms with van der Waals surface area (Å²) in [4.78, 5) is 41.2. The third-order valence-corrected chi connectivity index (χ3v) is 6.78. The molecule has 2 aromatic carbocycles. The minimum atomic E-state index is -1.19. The fourth-order valence-corrected chi connectivity index (χ4v) is 4.95. The molecule has 2 aliphatic heterocycles. The second-order valence-electron chi connectivity index (χ2n) is 9.23. The molecule has 1 fully saturated rings. The standard InChI is InChI=1S/C28H28N4O4/c1-3-15-28(21-8-5-4-6-9-21)26(34)31(27(35)29-28)18-25(33)32-23(24-10-7-16-36-24)17-22(30-32)20-13-11-19(2)12-14-20/h4-14,16,23H,3,15,17-18H2,1-2H3,(H,29,35)/t23-,28+/m0/s1. The Morgan fingerprint density at radius 2 is 1.83 bits per heavy atom. The molecule has 0 radical (unpaired) electrons. The quantitative estimate of drug-likeness (QED) is 0.499. The molecule has 0 unspecified atom stereocenters. The van der Waals surface area contributed by atoms with Gasteiger partial charge in [0.2, 0.25) is 0 Å². The summed E-state index contributed by atoms with van der Waals surface area (Å²) in [7, 11) is 0. The van der Waals surface area contributed by atoms with Gasteiger partial charge in [0.25, 0.3) is 11.8 Å². The number of rotatable bonds is 7. The molecule has 1 N–H and O–H groups in total. The van der Waals surface area contributed by atoms with E-state index in [1.165, 1.54) is 5.01 Å². The van der Waals surface area contributed by atoms with E-state index in [1.54, 1.807) is 18.4 Å². The van der Waals surface area contributed by atoms with Crippen molar-refractivity contribution >= 4 is 23.6 Å². The minimum absolute atomic E-state index is 0.412. The number of nitrogens with zero attached hydrogens (tertiary/aromatic N) is 3. The summed E-state index contributed by atoms with van der Waals surface area (Å²) in [6.07, 6.45) is 3.13. The van der Waals surface area contributed by atoms with Gasteiger partial charge in [-0.25, -0.2) is 9.80 Å². The van der Waals surface area contributed by atoms with Gasteiger partial charge in [0, 0.05) is 6.42 Å². The van der Waals surface area contributed by atoms with Crippen LogP contribution in [0.2, 0.25) is 0 Å². The summed E-state index contributed by atoms with van der Waals surface area (Å²) in [6, 6.07) is 19.6. The fraction of sp³-hybridized carbons (Fsp3) is 0.286. The highest BCUT2D eigenvalue weighted by atomic mass is 16.3. The largest absolute Gasteiger partial charge is 0.467 e. The van der Waals surface area contributed by atoms with Crippen LogP contribution in [0.5, 0.6) is 0 Å². The maximum atomic E-state index is 13.6. The second kappa shape index (κ2) is 9.45. The van der Waals surface area contributed by atoms with Gasteiger partial charge in [0.1, 0.15) is 23.9 Å². The first-order valence-electron chi connectivity index (χ1n) is 12.1. The van der Waals surface area contributed by atoms with Gasteiger partial charge >= 0.3 is 6.03 Å². The lowest BCUT2D eigenvalue weighted by molar-refractivity contribution is -0.140. The van der Waals surface area contributed by atoms with Crippen molar-refractivity contribution in [3.05, 3.63) is 95.4 Å². The SMILES string of the molecule is CCC[C@]1(c2ccccc2)NC(=O)N(CC(=O)N2N=C(c3ccc(C)cc3)C[C@H]2c2ccco2)C1=O. The van der Waals surface area contributed by atoms with Gasteiger partial charge in [0.15, 0.2) is 0 Å². The van der Waals surface area contributed by atoms with Crippen LogP contribution >= 0.6 is 0 Å². The molecule has 5 rings (SSSR count). The molecular weight excluding hydrogens is 456 g/mol. The van der Waals surface area contributed by atoms with Crippen LogP contribution in [-0.2, 0) is 15.1 Å². The fourth-order valence-electron chi connectivity index (χ4n) is 4.95. The van der Waals surface area contributed by atoms with Crippen LogP contribution in [0.3, 0.4) is 0 Å². The predicted octanol–water partition coefficient (Wildman–Crippen LogP) is 4.51. The highest BCUT2D eigenvalue weighted by Crippen LogP contribution is 2.36. The Morgan fingerprint density at radius 1 is 1.08 bits per heavy atom. The Labute approximate surface area is 209 Å². The molecule has 1 saturated heterocycles. The Balaban J connectivity index is 1.43. The monoisotopic (exact) mass is 484 g/mol. The van der Waals surface area contributed by atoms with Crippen molar-refractivity contribution in [2.75, 3.05) is 6.54 Å². The maximum absolute atomic E-state index is 13.6. The normalized spacial score (nSPS) is 21.6. The van der Waals surface area contributed by atoms with Crippen LogP contribution < -0.4 is 5.32 Å². The van der Waals surface area contributed by atoms with Crippen LogP contribution in [-0.4, -0.2) is 40.0 Å². The molecule has 4 amide bonds. The highest BCUT2D eigenvalue weighted by Gasteiger charge is 2.52. The zero-order valence-corrected chi connectivity index (χ0v) is 20.3. The van der Waals surface area contributed by atoms with Crippen molar-refractivity contribution in [1.29, 1.82) is 0 Å². The number of amides is 4. The van der Waals surface area contributed by atoms with Gasteiger partial charge in [-0.15, -0.1) is 0 Å². The van der Waals surface area contributed by atoms with Crippen molar-refractivity contribution in [3.8, 4) is 0 Å². The molecule has 0 aliphatic carbocycles. The molecule has 3 heterocycles. The van der Waals surface area contributed by atoms with Crippen molar-refractivity contribution in [2.45, 2.75) is 44.7 Å². The first-order valence-corrected chi connectivity index (χ1v) is 12.1. The number of urea groups is 1. The predicted molar refractivity (Wildman–Crippen MR) is 134 cm³/mol. The summed E-state index contributed by atoms with van der Waals surface area (Å²) in [5.41, 5.74) is 2.30. The number of hydrogen-bond acceptors (Lipinski definition) is 5. The number of hydrazone groups is 1. The van der Waals surface area contributed by atoms with E-state index >= 15 is 0 Å². The molecule has 2 atom stereocenters. The number of aryl methyl sites for hydroxylation is 1. The molecule has 2 aliphatic rings. The summed E-state index contributed by atoms with van der Waals surface area (Å²) < 4.78 is 5.61. The Hall–Kier alpha value is -4.20. The van der Waals surface area contributed by atoms with Crippen LogP contribution in [0.15, 0.2) is 82.5 Å². The molecule has 8 heteroatoms. The lowest BCUT2D eigenvalue weighted by Crippen LogP contribution is -2.45. The van der Waals surface area contributed by atoms with E-state index in [1.807, 2.05) is 68.4 Å². The molecule has 0 spiro atoms. The third-order valence-electron chi connectivity index (χ3n) is 6.78. The van der Waals surface area contributed by atoms with E-state index in [9.17, 15) is 14.4 Å². The zero-order chi connectivity index (χ0) is 25.3. The Kier molecular flexibility index (Phi) is 6.18. The molecule has 3 aromatic rings. The molecule has 0 bridgehead atoms. The highest BCUT2D eigenvalue weighted by molar-refractivity contribution is 6.10. The van der Waals surface area contributed by atoms with E-state index in [4.69, 9.17) is 4.42 Å². The van der Waals surface area contributed by atoms with Gasteiger partial charge in [0.05, 0.1) is 12.0 Å². The van der Waals surface area contributed by atoms with Gasteiger partial charge < -0.3 is 9.73 Å². The van der Waals surface area contributed by atoms with Gasteiger partial charge in [-0.3, -0.25) is 14.5 Å². The van der Waals surface area contributed by atoms with E-state index < -0.39 is 36.0 Å². The van der Waals surface area contributed by atoms with Crippen LogP contribution in [0.4, 0.5) is 4.79 Å². The van der Waals surface area contributed by atoms with E-state index in [0.29, 0.717) is 30.6 Å². The lowest BCUT2D eigenvalue weighted by atomic mass is 9.85. The van der Waals surface area contributed by atoms with E-state index in [-0.39, 0.29) is 0 Å². The summed E-state index contributed by atoms with van der Waals surface area (Å²) in [5.74, 6) is -0.288. The van der Waals surface area contributed by atoms with Crippen molar-refractivity contribution < 1.29 is 18.8 Å². The van der Waals surface area contributed by atoms with Gasteiger partial charge in [-0.05, 0) is 36.6 Å². The number of carbonyl (C=O) groups excluding carboxylic acids is 3. The topological polar surface area (TPSA) is 95.2 Å². The number of benzene rings is 2. The third kappa shape index (κ3) is 4.08. The number of hydrogen-bond donors (Lipinski definition) is 1. The summed E-state index contributed by atoms with van der Waals surface area (Å²) in [5, 5.41) is 8.83. The van der Waals surface area contributed by atoms with Crippen molar-refractivity contribution in [2.24, 2.45) is 5.10 Å². The van der Waals surface area contributed by atoms with E-state index in [2.05, 4.69) is 10.4 Å². The summed E-state index contributed by atoms with van der Waals surface area (Å²) >= 11 is 0. The smallest absolute Gasteiger partial charge is 0.325 e. The number of nitrogens with one attached hydrogen (secondary N) is 1. The molecule has 1 aromatic heterocycles. The summed E-state index contributed by atoms with van der Waals surface area (Å²) in [6.45, 7) is 3.55. The molecule has 184 valence electrons. The average Bonchev–Trinajstić information content (AvgIpc) is 3.62. The Morgan fingerprint density at radius 3 is 2.50 bits per heavy atom. The van der Waals surface area contributed by atoms with Crippen molar-refractivity contribution in [3.63, 3.8) is 0 Å². The lowest BCUT2D eigenvalue weighted by Gasteiger charge is -2.27. The second-order valence-corrected chi connectivity index (χ2v) is 9.23. The number of imide groups is 1. The van der Waals surface area contributed by atoms with Gasteiger partial charge in [-0.2, -0.15) is 5.10 Å². The molecule has 8 nitrogen and oxygen atoms in total.